The maximum absolute atomic E-state index is 14.5. The van der Waals surface area contributed by atoms with E-state index in [1.165, 1.54) is 23.8 Å². The fourth-order valence-electron chi connectivity index (χ4n) is 6.16. The summed E-state index contributed by atoms with van der Waals surface area (Å²) in [4.78, 5) is 35.6. The standard InChI is InChI=1S/C32H40F4N4O5S/c1-19-15-38(16-20(2)40(19)30(42)45-31(3,4)5)28-25-13-21(32(34,35)36)14-26-27(25)39(29(41)37-28)17-23(44-12-11-43-6)18-46(26)24-9-7-22(33)8-10-24/h7-10,13-14,19-20,23,46H,11-12,15-18H2,1-6H3/t19-,20+,23-/m1/s1. The van der Waals surface area contributed by atoms with Crippen LogP contribution in [-0.4, -0.2) is 83.5 Å². The van der Waals surface area contributed by atoms with E-state index in [9.17, 15) is 27.2 Å². The molecule has 4 atom stereocenters. The van der Waals surface area contributed by atoms with E-state index in [1.807, 2.05) is 13.8 Å². The van der Waals surface area contributed by atoms with E-state index in [0.29, 0.717) is 27.7 Å². The molecule has 5 rings (SSSR count). The highest BCUT2D eigenvalue weighted by atomic mass is 32.2. The van der Waals surface area contributed by atoms with Crippen molar-refractivity contribution >= 4 is 33.7 Å². The maximum Gasteiger partial charge on any atom is 0.416 e. The number of anilines is 1. The topological polar surface area (TPSA) is 86.1 Å². The van der Waals surface area contributed by atoms with Crippen molar-refractivity contribution in [2.75, 3.05) is 44.1 Å². The summed E-state index contributed by atoms with van der Waals surface area (Å²) in [7, 11) is -0.00185. The number of ether oxygens (including phenoxy) is 3. The predicted octanol–water partition coefficient (Wildman–Crippen LogP) is 5.85. The maximum atomic E-state index is 14.5. The fraction of sp³-hybridized carbons (Fsp3) is 0.531. The molecule has 14 heteroatoms. The third kappa shape index (κ3) is 7.13. The number of aromatic nitrogens is 2. The molecule has 0 radical (unpaired) electrons. The minimum absolute atomic E-state index is 0.0734. The molecule has 0 N–H and O–H groups in total. The Morgan fingerprint density at radius 1 is 1.02 bits per heavy atom. The number of carbonyl (C=O) groups excluding carboxylic acids is 1. The molecule has 2 aliphatic heterocycles. The quantitative estimate of drug-likeness (QED) is 0.200. The average molecular weight is 669 g/mol. The monoisotopic (exact) mass is 668 g/mol. The van der Waals surface area contributed by atoms with Gasteiger partial charge in [0.1, 0.15) is 17.2 Å². The van der Waals surface area contributed by atoms with Crippen LogP contribution in [0.3, 0.4) is 0 Å². The van der Waals surface area contributed by atoms with Crippen molar-refractivity contribution in [3.8, 4) is 0 Å². The summed E-state index contributed by atoms with van der Waals surface area (Å²) in [6, 6.07) is 7.10. The number of hydrogen-bond acceptors (Lipinski definition) is 7. The van der Waals surface area contributed by atoms with Crippen LogP contribution < -0.4 is 10.6 Å². The first-order chi connectivity index (χ1) is 21.6. The van der Waals surface area contributed by atoms with Crippen molar-refractivity contribution in [2.45, 2.75) is 80.9 Å². The molecule has 3 aromatic rings. The van der Waals surface area contributed by atoms with E-state index >= 15 is 0 Å². The van der Waals surface area contributed by atoms with Crippen LogP contribution in [0.5, 0.6) is 0 Å². The second-order valence-corrected chi connectivity index (χ2v) is 15.0. The van der Waals surface area contributed by atoms with Crippen molar-refractivity contribution in [3.63, 3.8) is 0 Å². The number of thiol groups is 1. The molecule has 0 aliphatic carbocycles. The van der Waals surface area contributed by atoms with Gasteiger partial charge in [-0.25, -0.2) is 14.0 Å². The van der Waals surface area contributed by atoms with Gasteiger partial charge in [-0.05, 0) is 75.9 Å². The van der Waals surface area contributed by atoms with Crippen LogP contribution in [0, 0.1) is 5.82 Å². The van der Waals surface area contributed by atoms with Gasteiger partial charge in [0, 0.05) is 36.2 Å². The molecule has 2 aliphatic rings. The first-order valence-electron chi connectivity index (χ1n) is 15.1. The van der Waals surface area contributed by atoms with Gasteiger partial charge in [0.05, 0.1) is 49.0 Å². The molecular formula is C32H40F4N4O5S. The van der Waals surface area contributed by atoms with Gasteiger partial charge >= 0.3 is 18.0 Å². The first-order valence-corrected chi connectivity index (χ1v) is 16.7. The molecule has 3 heterocycles. The Morgan fingerprint density at radius 3 is 2.26 bits per heavy atom. The number of piperazine rings is 1. The summed E-state index contributed by atoms with van der Waals surface area (Å²) >= 11 is 0. The van der Waals surface area contributed by atoms with Gasteiger partial charge in [-0.1, -0.05) is 0 Å². The molecule has 0 saturated carbocycles. The Labute approximate surface area is 267 Å². The normalized spacial score (nSPS) is 23.0. The summed E-state index contributed by atoms with van der Waals surface area (Å²) in [6.45, 7) is 10.0. The lowest BCUT2D eigenvalue weighted by atomic mass is 10.1. The molecule has 46 heavy (non-hydrogen) atoms. The van der Waals surface area contributed by atoms with E-state index < -0.39 is 64.0 Å². The molecule has 9 nitrogen and oxygen atoms in total. The van der Waals surface area contributed by atoms with E-state index in [-0.39, 0.29) is 37.4 Å². The van der Waals surface area contributed by atoms with Gasteiger partial charge < -0.3 is 19.1 Å². The van der Waals surface area contributed by atoms with Crippen molar-refractivity contribution in [1.29, 1.82) is 0 Å². The zero-order chi connectivity index (χ0) is 33.6. The fourth-order valence-corrected chi connectivity index (χ4v) is 8.78. The highest BCUT2D eigenvalue weighted by Gasteiger charge is 2.39. The Kier molecular flexibility index (Phi) is 9.63. The molecule has 1 unspecified atom stereocenters. The van der Waals surface area contributed by atoms with E-state index in [4.69, 9.17) is 14.2 Å². The van der Waals surface area contributed by atoms with Gasteiger partial charge in [0.2, 0.25) is 0 Å². The zero-order valence-electron chi connectivity index (χ0n) is 26.7. The second-order valence-electron chi connectivity index (χ2n) is 12.8. The largest absolute Gasteiger partial charge is 0.444 e. The molecule has 1 amide bonds. The van der Waals surface area contributed by atoms with Crippen molar-refractivity contribution in [2.24, 2.45) is 0 Å². The first kappa shape index (κ1) is 34.0. The molecule has 1 aromatic heterocycles. The summed E-state index contributed by atoms with van der Waals surface area (Å²) in [5, 5.41) is 0.182. The molecule has 252 valence electrons. The van der Waals surface area contributed by atoms with Crippen LogP contribution in [0.4, 0.5) is 28.2 Å². The van der Waals surface area contributed by atoms with Gasteiger partial charge in [0.15, 0.2) is 0 Å². The molecule has 1 fully saturated rings. The number of halogens is 4. The minimum atomic E-state index is -4.69. The summed E-state index contributed by atoms with van der Waals surface area (Å²) in [6.07, 6.45) is -5.72. The van der Waals surface area contributed by atoms with E-state index in [2.05, 4.69) is 4.98 Å². The van der Waals surface area contributed by atoms with Crippen molar-refractivity contribution in [3.05, 3.63) is 58.3 Å². The lowest BCUT2D eigenvalue weighted by Gasteiger charge is -2.45. The number of rotatable bonds is 6. The van der Waals surface area contributed by atoms with Crippen LogP contribution in [0.1, 0.15) is 40.2 Å². The number of alkyl halides is 3. The highest BCUT2D eigenvalue weighted by Crippen LogP contribution is 2.52. The SMILES string of the molecule is COCCO[C@@H]1Cn2c(=O)nc(N3C[C@@H](C)N(C(=O)OC(C)(C)C)[C@@H](C)C3)c3cc(C(F)(F)F)cc(c32)[SH](c2ccc(F)cc2)C1. The molecular weight excluding hydrogens is 628 g/mol. The summed E-state index contributed by atoms with van der Waals surface area (Å²) < 4.78 is 75.8. The molecule has 0 spiro atoms. The Bertz CT molecular complexity index is 1630. The second kappa shape index (κ2) is 13.0. The number of amides is 1. The average Bonchev–Trinajstić information content (AvgIpc) is 3.11. The summed E-state index contributed by atoms with van der Waals surface area (Å²) in [5.74, 6) is -0.0355. The lowest BCUT2D eigenvalue weighted by molar-refractivity contribution is -0.137. The van der Waals surface area contributed by atoms with Crippen LogP contribution in [0.15, 0.2) is 51.0 Å². The zero-order valence-corrected chi connectivity index (χ0v) is 27.6. The van der Waals surface area contributed by atoms with Crippen LogP contribution >= 0.6 is 10.9 Å². The minimum Gasteiger partial charge on any atom is -0.444 e. The predicted molar refractivity (Wildman–Crippen MR) is 169 cm³/mol. The van der Waals surface area contributed by atoms with Crippen LogP contribution in [0.2, 0.25) is 0 Å². The Morgan fingerprint density at radius 2 is 1.67 bits per heavy atom. The van der Waals surface area contributed by atoms with Gasteiger partial charge in [-0.2, -0.15) is 29.1 Å². The number of methoxy groups -OCH3 is 1. The third-order valence-electron chi connectivity index (χ3n) is 8.03. The number of benzene rings is 2. The summed E-state index contributed by atoms with van der Waals surface area (Å²) in [5.41, 5.74) is -1.84. The molecule has 2 aromatic carbocycles. The van der Waals surface area contributed by atoms with Crippen molar-refractivity contribution in [1.82, 2.24) is 14.5 Å². The Balaban J connectivity index is 1.68. The molecule has 0 bridgehead atoms. The molecule has 1 saturated heterocycles. The van der Waals surface area contributed by atoms with Gasteiger partial charge in [-0.15, -0.1) is 0 Å². The van der Waals surface area contributed by atoms with Gasteiger partial charge in [0.25, 0.3) is 0 Å². The number of hydrogen-bond donors (Lipinski definition) is 1. The van der Waals surface area contributed by atoms with Crippen LogP contribution in [0.25, 0.3) is 10.9 Å². The third-order valence-corrected chi connectivity index (χ3v) is 10.6. The van der Waals surface area contributed by atoms with E-state index in [1.54, 1.807) is 42.7 Å². The van der Waals surface area contributed by atoms with E-state index in [0.717, 1.165) is 12.1 Å². The lowest BCUT2D eigenvalue weighted by Crippen LogP contribution is -2.59. The van der Waals surface area contributed by atoms with Gasteiger partial charge in [-0.3, -0.25) is 9.47 Å². The smallest absolute Gasteiger partial charge is 0.416 e. The Hall–Kier alpha value is -3.36. The number of carbonyl (C=O) groups is 1. The highest BCUT2D eigenvalue weighted by molar-refractivity contribution is 8.17. The van der Waals surface area contributed by atoms with Crippen molar-refractivity contribution < 1.29 is 36.6 Å². The van der Waals surface area contributed by atoms with Crippen LogP contribution in [-0.2, 0) is 26.9 Å². The number of nitrogens with zero attached hydrogens (tertiary/aromatic N) is 4.